The molecule has 0 bridgehead atoms. The van der Waals surface area contributed by atoms with Crippen molar-refractivity contribution in [1.82, 2.24) is 0 Å². The summed E-state index contributed by atoms with van der Waals surface area (Å²) in [6.45, 7) is 0. The van der Waals surface area contributed by atoms with Crippen LogP contribution < -0.4 is 9.80 Å². The van der Waals surface area contributed by atoms with Gasteiger partial charge in [-0.1, -0.05) is 58.5 Å². The molecule has 4 amide bonds. The smallest absolute Gasteiger partial charge is 0.266 e. The number of imide groups is 2. The maximum atomic E-state index is 13.4. The van der Waals surface area contributed by atoms with E-state index >= 15 is 0 Å². The normalized spacial score (nSPS) is 14.2. The van der Waals surface area contributed by atoms with Crippen molar-refractivity contribution in [2.24, 2.45) is 0 Å². The fourth-order valence-corrected chi connectivity index (χ4v) is 5.68. The highest BCUT2D eigenvalue weighted by Crippen LogP contribution is 2.37. The van der Waals surface area contributed by atoms with Gasteiger partial charge in [0.15, 0.2) is 5.78 Å². The van der Waals surface area contributed by atoms with Gasteiger partial charge in [-0.25, -0.2) is 9.80 Å². The molecule has 0 aromatic heterocycles. The van der Waals surface area contributed by atoms with E-state index < -0.39 is 29.4 Å². The molecule has 4 aromatic carbocycles. The van der Waals surface area contributed by atoms with Crippen LogP contribution in [0, 0.1) is 0 Å². The second-order valence-corrected chi connectivity index (χ2v) is 10.6. The molecule has 11 heteroatoms. The molecule has 0 radical (unpaired) electrons. The molecule has 40 heavy (non-hydrogen) atoms. The van der Waals surface area contributed by atoms with E-state index in [1.165, 1.54) is 72.8 Å². The quantitative estimate of drug-likeness (QED) is 0.181. The van der Waals surface area contributed by atoms with E-state index in [-0.39, 0.29) is 54.8 Å². The summed E-state index contributed by atoms with van der Waals surface area (Å²) in [5.41, 5.74) is 0.817. The van der Waals surface area contributed by atoms with Crippen LogP contribution in [0.1, 0.15) is 57.4 Å². The zero-order valence-electron chi connectivity index (χ0n) is 19.9. The highest BCUT2D eigenvalue weighted by Gasteiger charge is 2.40. The average molecular weight is 610 g/mol. The number of nitrogens with zero attached hydrogens (tertiary/aromatic N) is 2. The first-order valence-electron chi connectivity index (χ1n) is 11.6. The molecule has 196 valence electrons. The Kier molecular flexibility index (Phi) is 6.27. The van der Waals surface area contributed by atoms with Crippen molar-refractivity contribution in [3.8, 4) is 0 Å². The third kappa shape index (κ3) is 4.01. The molecule has 0 atom stereocenters. The molecule has 2 aliphatic rings. The van der Waals surface area contributed by atoms with E-state index in [1.54, 1.807) is 0 Å². The highest BCUT2D eigenvalue weighted by molar-refractivity contribution is 6.42. The molecule has 0 aliphatic carbocycles. The minimum absolute atomic E-state index is 0.0258. The maximum Gasteiger partial charge on any atom is 0.266 e. The number of hydrogen-bond acceptors (Lipinski definition) is 5. The van der Waals surface area contributed by atoms with E-state index in [4.69, 9.17) is 46.4 Å². The molecule has 0 unspecified atom stereocenters. The predicted octanol–water partition coefficient (Wildman–Crippen LogP) is 7.13. The minimum atomic E-state index is -0.649. The topological polar surface area (TPSA) is 91.8 Å². The minimum Gasteiger partial charge on any atom is -0.289 e. The van der Waals surface area contributed by atoms with Crippen LogP contribution in [0.3, 0.4) is 0 Å². The van der Waals surface area contributed by atoms with Crippen molar-refractivity contribution in [2.75, 3.05) is 9.80 Å². The van der Waals surface area contributed by atoms with Gasteiger partial charge in [-0.05, 0) is 60.7 Å². The van der Waals surface area contributed by atoms with Crippen LogP contribution in [0.25, 0.3) is 0 Å². The van der Waals surface area contributed by atoms with Gasteiger partial charge >= 0.3 is 0 Å². The monoisotopic (exact) mass is 608 g/mol. The Morgan fingerprint density at radius 2 is 0.850 bits per heavy atom. The Bertz CT molecular complexity index is 1740. The fraction of sp³-hybridized carbons (Fsp3) is 0. The van der Waals surface area contributed by atoms with Crippen molar-refractivity contribution >= 4 is 87.2 Å². The number of benzene rings is 4. The number of anilines is 2. The van der Waals surface area contributed by atoms with Gasteiger partial charge in [-0.15, -0.1) is 0 Å². The number of ketones is 1. The lowest BCUT2D eigenvalue weighted by molar-refractivity contribution is 0.0910. The Morgan fingerprint density at radius 1 is 0.475 bits per heavy atom. The van der Waals surface area contributed by atoms with Crippen LogP contribution in [-0.2, 0) is 0 Å². The Morgan fingerprint density at radius 3 is 1.23 bits per heavy atom. The lowest BCUT2D eigenvalue weighted by atomic mass is 9.96. The Hall–Kier alpha value is -4.01. The summed E-state index contributed by atoms with van der Waals surface area (Å²) in [5.74, 6) is -3.00. The highest BCUT2D eigenvalue weighted by atomic mass is 35.5. The molecule has 6 rings (SSSR count). The number of rotatable bonds is 4. The van der Waals surface area contributed by atoms with Crippen molar-refractivity contribution < 1.29 is 24.0 Å². The van der Waals surface area contributed by atoms with Crippen LogP contribution in [0.4, 0.5) is 11.4 Å². The van der Waals surface area contributed by atoms with Crippen molar-refractivity contribution in [2.45, 2.75) is 0 Å². The van der Waals surface area contributed by atoms with E-state index in [0.717, 1.165) is 9.80 Å². The van der Waals surface area contributed by atoms with Crippen molar-refractivity contribution in [1.29, 1.82) is 0 Å². The molecule has 0 saturated heterocycles. The van der Waals surface area contributed by atoms with E-state index in [9.17, 15) is 24.0 Å². The summed E-state index contributed by atoms with van der Waals surface area (Å²) in [6, 6.07) is 17.0. The van der Waals surface area contributed by atoms with Gasteiger partial charge in [-0.2, -0.15) is 0 Å². The number of carbonyl (C=O) groups is 5. The first-order chi connectivity index (χ1) is 19.1. The summed E-state index contributed by atoms with van der Waals surface area (Å²) in [7, 11) is 0. The third-order valence-electron chi connectivity index (χ3n) is 6.60. The summed E-state index contributed by atoms with van der Waals surface area (Å²) in [4.78, 5) is 67.7. The molecule has 2 aliphatic heterocycles. The summed E-state index contributed by atoms with van der Waals surface area (Å²) >= 11 is 24.3. The maximum absolute atomic E-state index is 13.4. The molecule has 2 heterocycles. The lowest BCUT2D eigenvalue weighted by Crippen LogP contribution is -2.29. The van der Waals surface area contributed by atoms with Crippen LogP contribution in [0.2, 0.25) is 20.1 Å². The summed E-state index contributed by atoms with van der Waals surface area (Å²) in [5, 5.41) is 0.911. The molecule has 0 spiro atoms. The van der Waals surface area contributed by atoms with Gasteiger partial charge in [0.2, 0.25) is 0 Å². The molecule has 7 nitrogen and oxygen atoms in total. The molecule has 0 N–H and O–H groups in total. The van der Waals surface area contributed by atoms with Gasteiger partial charge in [0.25, 0.3) is 23.6 Å². The number of carbonyl (C=O) groups excluding carboxylic acids is 5. The van der Waals surface area contributed by atoms with Gasteiger partial charge in [0, 0.05) is 21.2 Å². The van der Waals surface area contributed by atoms with E-state index in [2.05, 4.69) is 0 Å². The first kappa shape index (κ1) is 26.2. The zero-order chi connectivity index (χ0) is 28.5. The Balaban J connectivity index is 1.32. The number of amides is 4. The molecular formula is C29H12Cl4N2O5. The fourth-order valence-electron chi connectivity index (χ4n) is 4.69. The van der Waals surface area contributed by atoms with Crippen LogP contribution in [-0.4, -0.2) is 29.4 Å². The van der Waals surface area contributed by atoms with Crippen LogP contribution >= 0.6 is 46.4 Å². The van der Waals surface area contributed by atoms with Crippen LogP contribution in [0.15, 0.2) is 72.8 Å². The van der Waals surface area contributed by atoms with Crippen molar-refractivity contribution in [3.63, 3.8) is 0 Å². The SMILES string of the molecule is O=C(c1ccc2c(c1)C(=O)N(c1ccc(Cl)cc1Cl)C2=O)c1ccc2c(c1)C(=O)N(c1ccc(Cl)cc1Cl)C2=O. The third-order valence-corrected chi connectivity index (χ3v) is 7.67. The first-order valence-corrected chi connectivity index (χ1v) is 13.1. The predicted molar refractivity (Wildman–Crippen MR) is 152 cm³/mol. The van der Waals surface area contributed by atoms with Crippen molar-refractivity contribution in [3.05, 3.63) is 126 Å². The average Bonchev–Trinajstić information content (AvgIpc) is 3.32. The largest absolute Gasteiger partial charge is 0.289 e. The van der Waals surface area contributed by atoms with Gasteiger partial charge in [0.1, 0.15) is 0 Å². The van der Waals surface area contributed by atoms with Gasteiger partial charge in [-0.3, -0.25) is 24.0 Å². The standard InChI is InChI=1S/C29H12Cl4N2O5/c30-15-3-7-23(21(32)11-15)34-26(37)17-5-1-13(9-19(17)28(34)39)25(36)14-2-6-18-20(10-14)29(40)35(27(18)38)24-8-4-16(31)12-22(24)33/h1-12H. The van der Waals surface area contributed by atoms with Gasteiger partial charge < -0.3 is 0 Å². The molecule has 0 fully saturated rings. The summed E-state index contributed by atoms with van der Waals surface area (Å²) in [6.07, 6.45) is 0. The number of fused-ring (bicyclic) bond motifs is 2. The number of hydrogen-bond donors (Lipinski definition) is 0. The lowest BCUT2D eigenvalue weighted by Gasteiger charge is -2.15. The zero-order valence-corrected chi connectivity index (χ0v) is 22.9. The van der Waals surface area contributed by atoms with E-state index in [0.29, 0.717) is 10.0 Å². The van der Waals surface area contributed by atoms with Gasteiger partial charge in [0.05, 0.1) is 43.7 Å². The second kappa shape index (κ2) is 9.57. The summed E-state index contributed by atoms with van der Waals surface area (Å²) < 4.78 is 0. The molecular weight excluding hydrogens is 598 g/mol. The second-order valence-electron chi connectivity index (χ2n) is 8.93. The number of halogens is 4. The van der Waals surface area contributed by atoms with E-state index in [1.807, 2.05) is 0 Å². The molecule has 0 saturated carbocycles. The molecule has 4 aromatic rings. The van der Waals surface area contributed by atoms with Crippen LogP contribution in [0.5, 0.6) is 0 Å². The Labute approximate surface area is 246 Å².